The molecule has 5 rings (SSSR count). The predicted octanol–water partition coefficient (Wildman–Crippen LogP) is 2.61. The van der Waals surface area contributed by atoms with Crippen molar-refractivity contribution < 1.29 is 28.8 Å². The average Bonchev–Trinajstić information content (AvgIpc) is 3.36. The van der Waals surface area contributed by atoms with Gasteiger partial charge >= 0.3 is 0 Å². The lowest BCUT2D eigenvalue weighted by Crippen LogP contribution is -2.48. The molecule has 3 saturated heterocycles. The fourth-order valence-corrected chi connectivity index (χ4v) is 4.87. The van der Waals surface area contributed by atoms with E-state index in [1.165, 1.54) is 0 Å². The number of fused-ring (bicyclic) bond motifs is 1. The predicted molar refractivity (Wildman–Crippen MR) is 115 cm³/mol. The molecule has 0 saturated carbocycles. The highest BCUT2D eigenvalue weighted by Crippen LogP contribution is 2.42. The van der Waals surface area contributed by atoms with Gasteiger partial charge in [0, 0.05) is 13.0 Å². The maximum atomic E-state index is 12.8. The molecule has 3 heterocycles. The van der Waals surface area contributed by atoms with Crippen LogP contribution in [0.15, 0.2) is 60.7 Å². The number of likely N-dealkylation sites (tertiary alicyclic amines) is 1. The second kappa shape index (κ2) is 8.57. The Bertz CT molecular complexity index is 936. The first-order valence-electron chi connectivity index (χ1n) is 11.1. The lowest BCUT2D eigenvalue weighted by atomic mass is 10.00. The van der Waals surface area contributed by atoms with Crippen molar-refractivity contribution in [2.24, 2.45) is 0 Å². The van der Waals surface area contributed by atoms with E-state index in [1.54, 1.807) is 4.90 Å². The van der Waals surface area contributed by atoms with Crippen LogP contribution in [0.1, 0.15) is 31.4 Å². The normalized spacial score (nSPS) is 33.6. The fourth-order valence-electron chi connectivity index (χ4n) is 4.87. The second-order valence-electron chi connectivity index (χ2n) is 9.10. The molecule has 170 valence electrons. The Morgan fingerprint density at radius 1 is 1.00 bits per heavy atom. The Labute approximate surface area is 187 Å². The van der Waals surface area contributed by atoms with Crippen LogP contribution in [0.2, 0.25) is 0 Å². The van der Waals surface area contributed by atoms with Crippen molar-refractivity contribution in [1.29, 1.82) is 0 Å². The molecule has 1 N–H and O–H groups in total. The van der Waals surface area contributed by atoms with Crippen molar-refractivity contribution in [2.75, 3.05) is 0 Å². The molecule has 7 nitrogen and oxygen atoms in total. The van der Waals surface area contributed by atoms with Gasteiger partial charge in [-0.1, -0.05) is 60.7 Å². The van der Waals surface area contributed by atoms with Crippen LogP contribution in [0.25, 0.3) is 0 Å². The third-order valence-electron chi connectivity index (χ3n) is 6.32. The number of carbonyl (C=O) groups is 1. The zero-order valence-electron chi connectivity index (χ0n) is 18.3. The van der Waals surface area contributed by atoms with Crippen molar-refractivity contribution in [1.82, 2.24) is 4.90 Å². The van der Waals surface area contributed by atoms with Gasteiger partial charge in [-0.25, -0.2) is 0 Å². The SMILES string of the molecule is CC1(C)O[C@H]2O[C@H]([C@H]3C[C@H](O)C(=O)N3Cc3ccccc3)[C@H](OCc3ccccc3)[C@H]2O1. The zero-order valence-corrected chi connectivity index (χ0v) is 18.3. The Kier molecular flexibility index (Phi) is 5.77. The van der Waals surface area contributed by atoms with Gasteiger partial charge in [0.25, 0.3) is 5.91 Å². The molecule has 7 heteroatoms. The third kappa shape index (κ3) is 4.19. The second-order valence-corrected chi connectivity index (χ2v) is 9.10. The van der Waals surface area contributed by atoms with Crippen LogP contribution in [0.3, 0.4) is 0 Å². The van der Waals surface area contributed by atoms with Crippen molar-refractivity contribution >= 4 is 5.91 Å². The molecule has 3 aliphatic rings. The van der Waals surface area contributed by atoms with E-state index in [1.807, 2.05) is 74.5 Å². The van der Waals surface area contributed by atoms with Crippen LogP contribution >= 0.6 is 0 Å². The number of nitrogens with zero attached hydrogens (tertiary/aromatic N) is 1. The summed E-state index contributed by atoms with van der Waals surface area (Å²) in [6.07, 6.45) is -2.68. The number of amides is 1. The minimum atomic E-state index is -1.05. The molecule has 0 bridgehead atoms. The van der Waals surface area contributed by atoms with Gasteiger partial charge in [-0.15, -0.1) is 0 Å². The molecule has 6 atom stereocenters. The van der Waals surface area contributed by atoms with Crippen molar-refractivity contribution in [3.05, 3.63) is 71.8 Å². The molecule has 32 heavy (non-hydrogen) atoms. The minimum Gasteiger partial charge on any atom is -0.383 e. The standard InChI is InChI=1S/C25H29NO6/c1-25(2)31-22-21(29-15-17-11-7-4-8-12-17)20(30-24(22)32-25)18-13-19(27)23(28)26(18)14-16-9-5-3-6-10-16/h3-12,18-22,24,27H,13-15H2,1-2H3/t18-,19+,20-,21+,22-,24-/m1/s1. The van der Waals surface area contributed by atoms with Gasteiger partial charge in [-0.05, 0) is 25.0 Å². The number of carbonyl (C=O) groups excluding carboxylic acids is 1. The molecule has 0 unspecified atom stereocenters. The van der Waals surface area contributed by atoms with Crippen molar-refractivity contribution in [3.63, 3.8) is 0 Å². The molecule has 2 aromatic rings. The van der Waals surface area contributed by atoms with Gasteiger partial charge in [0.05, 0.1) is 12.6 Å². The summed E-state index contributed by atoms with van der Waals surface area (Å²) in [7, 11) is 0. The number of rotatable bonds is 6. The highest BCUT2D eigenvalue weighted by atomic mass is 16.8. The number of hydrogen-bond donors (Lipinski definition) is 1. The fraction of sp³-hybridized carbons (Fsp3) is 0.480. The summed E-state index contributed by atoms with van der Waals surface area (Å²) < 4.78 is 24.7. The Morgan fingerprint density at radius 2 is 1.66 bits per heavy atom. The summed E-state index contributed by atoms with van der Waals surface area (Å²) in [5.74, 6) is -1.06. The molecule has 0 spiro atoms. The molecule has 3 fully saturated rings. The summed E-state index contributed by atoms with van der Waals surface area (Å²) in [6.45, 7) is 4.49. The van der Waals surface area contributed by atoms with Gasteiger partial charge in [0.2, 0.25) is 0 Å². The number of benzene rings is 2. The number of aliphatic hydroxyl groups is 1. The quantitative estimate of drug-likeness (QED) is 0.746. The van der Waals surface area contributed by atoms with Crippen LogP contribution in [0, 0.1) is 0 Å². The largest absolute Gasteiger partial charge is 0.383 e. The van der Waals surface area contributed by atoms with E-state index in [4.69, 9.17) is 18.9 Å². The third-order valence-corrected chi connectivity index (χ3v) is 6.32. The maximum Gasteiger partial charge on any atom is 0.252 e. The van der Waals surface area contributed by atoms with Crippen molar-refractivity contribution in [2.45, 2.75) is 76.0 Å². The van der Waals surface area contributed by atoms with Gasteiger partial charge < -0.3 is 29.0 Å². The van der Waals surface area contributed by atoms with Crippen LogP contribution in [-0.2, 0) is 36.9 Å². The molecule has 0 aromatic heterocycles. The van der Waals surface area contributed by atoms with Gasteiger partial charge in [-0.2, -0.15) is 0 Å². The average molecular weight is 440 g/mol. The van der Waals surface area contributed by atoms with E-state index in [9.17, 15) is 9.90 Å². The maximum absolute atomic E-state index is 12.8. The van der Waals surface area contributed by atoms with E-state index in [2.05, 4.69) is 0 Å². The first-order valence-corrected chi connectivity index (χ1v) is 11.1. The number of aliphatic hydroxyl groups excluding tert-OH is 1. The smallest absolute Gasteiger partial charge is 0.252 e. The summed E-state index contributed by atoms with van der Waals surface area (Å²) in [4.78, 5) is 14.5. The Balaban J connectivity index is 1.39. The first-order chi connectivity index (χ1) is 15.4. The van der Waals surface area contributed by atoms with E-state index in [0.717, 1.165) is 11.1 Å². The highest BCUT2D eigenvalue weighted by Gasteiger charge is 2.59. The van der Waals surface area contributed by atoms with Gasteiger partial charge in [0.15, 0.2) is 12.1 Å². The lowest BCUT2D eigenvalue weighted by Gasteiger charge is -2.33. The van der Waals surface area contributed by atoms with Gasteiger partial charge in [-0.3, -0.25) is 4.79 Å². The molecule has 0 radical (unpaired) electrons. The molecule has 0 aliphatic carbocycles. The number of hydrogen-bond acceptors (Lipinski definition) is 6. The molecular weight excluding hydrogens is 410 g/mol. The summed E-state index contributed by atoms with van der Waals surface area (Å²) in [6, 6.07) is 19.3. The highest BCUT2D eigenvalue weighted by molar-refractivity contribution is 5.83. The Hall–Kier alpha value is -2.29. The van der Waals surface area contributed by atoms with E-state index in [0.29, 0.717) is 13.2 Å². The molecule has 1 amide bonds. The zero-order chi connectivity index (χ0) is 22.3. The number of ether oxygens (including phenoxy) is 4. The van der Waals surface area contributed by atoms with E-state index < -0.39 is 36.5 Å². The Morgan fingerprint density at radius 3 is 2.34 bits per heavy atom. The van der Waals surface area contributed by atoms with Crippen LogP contribution in [0.5, 0.6) is 0 Å². The molecule has 3 aliphatic heterocycles. The molecular formula is C25H29NO6. The first kappa shape index (κ1) is 21.6. The van der Waals surface area contributed by atoms with Gasteiger partial charge in [0.1, 0.15) is 24.4 Å². The minimum absolute atomic E-state index is 0.282. The monoisotopic (exact) mass is 439 g/mol. The van der Waals surface area contributed by atoms with E-state index in [-0.39, 0.29) is 18.4 Å². The molecule has 2 aromatic carbocycles. The van der Waals surface area contributed by atoms with Crippen LogP contribution in [-0.4, -0.2) is 58.4 Å². The van der Waals surface area contributed by atoms with Crippen molar-refractivity contribution in [3.8, 4) is 0 Å². The lowest BCUT2D eigenvalue weighted by molar-refractivity contribution is -0.225. The van der Waals surface area contributed by atoms with Crippen LogP contribution < -0.4 is 0 Å². The summed E-state index contributed by atoms with van der Waals surface area (Å²) >= 11 is 0. The van der Waals surface area contributed by atoms with E-state index >= 15 is 0 Å². The summed E-state index contributed by atoms with van der Waals surface area (Å²) in [5, 5.41) is 10.4. The van der Waals surface area contributed by atoms with Crippen LogP contribution in [0.4, 0.5) is 0 Å². The summed E-state index contributed by atoms with van der Waals surface area (Å²) in [5.41, 5.74) is 2.03. The topological polar surface area (TPSA) is 77.5 Å².